The molecule has 0 heterocycles. The zero-order valence-electron chi connectivity index (χ0n) is 16.4. The molecule has 3 heteroatoms. The number of rotatable bonds is 18. The molecule has 0 aliphatic carbocycles. The molecule has 0 fully saturated rings. The van der Waals surface area contributed by atoms with Crippen LogP contribution in [-0.4, -0.2) is 23.8 Å². The van der Waals surface area contributed by atoms with E-state index in [-0.39, 0.29) is 18.7 Å². The van der Waals surface area contributed by atoms with Crippen molar-refractivity contribution in [1.82, 2.24) is 0 Å². The molecule has 144 valence electrons. The third-order valence-electron chi connectivity index (χ3n) is 4.62. The minimum Gasteiger partial charge on any atom is -0.460 e. The van der Waals surface area contributed by atoms with Crippen molar-refractivity contribution in [2.45, 2.75) is 123 Å². The SMILES string of the molecule is CCCCCCCCCCCCCCC(CO)OC(=O)CCCC. The van der Waals surface area contributed by atoms with Gasteiger partial charge in [-0.15, -0.1) is 0 Å². The maximum absolute atomic E-state index is 11.6. The summed E-state index contributed by atoms with van der Waals surface area (Å²) in [5, 5.41) is 9.30. The summed E-state index contributed by atoms with van der Waals surface area (Å²) in [6.07, 6.45) is 18.7. The van der Waals surface area contributed by atoms with Crippen molar-refractivity contribution in [2.75, 3.05) is 6.61 Å². The predicted molar refractivity (Wildman–Crippen MR) is 102 cm³/mol. The van der Waals surface area contributed by atoms with Crippen molar-refractivity contribution < 1.29 is 14.6 Å². The van der Waals surface area contributed by atoms with Gasteiger partial charge in [0, 0.05) is 6.42 Å². The number of esters is 1. The molecule has 0 bridgehead atoms. The molecule has 0 aromatic heterocycles. The second kappa shape index (κ2) is 18.8. The van der Waals surface area contributed by atoms with E-state index < -0.39 is 0 Å². The van der Waals surface area contributed by atoms with Gasteiger partial charge in [0.2, 0.25) is 0 Å². The van der Waals surface area contributed by atoms with Gasteiger partial charge in [0.25, 0.3) is 0 Å². The van der Waals surface area contributed by atoms with Gasteiger partial charge in [0.05, 0.1) is 6.61 Å². The van der Waals surface area contributed by atoms with E-state index in [1.54, 1.807) is 0 Å². The van der Waals surface area contributed by atoms with E-state index in [2.05, 4.69) is 13.8 Å². The van der Waals surface area contributed by atoms with Crippen molar-refractivity contribution in [1.29, 1.82) is 0 Å². The molecule has 0 radical (unpaired) electrons. The first-order chi connectivity index (χ1) is 11.7. The number of ether oxygens (including phenoxy) is 1. The van der Waals surface area contributed by atoms with Crippen LogP contribution in [0.1, 0.15) is 117 Å². The zero-order valence-corrected chi connectivity index (χ0v) is 16.4. The summed E-state index contributed by atoms with van der Waals surface area (Å²) in [4.78, 5) is 11.6. The van der Waals surface area contributed by atoms with E-state index in [0.29, 0.717) is 6.42 Å². The lowest BCUT2D eigenvalue weighted by atomic mass is 10.0. The fourth-order valence-corrected chi connectivity index (χ4v) is 2.97. The second-order valence-corrected chi connectivity index (χ2v) is 7.08. The van der Waals surface area contributed by atoms with Crippen molar-refractivity contribution in [3.8, 4) is 0 Å². The van der Waals surface area contributed by atoms with Gasteiger partial charge in [0.1, 0.15) is 6.10 Å². The fraction of sp³-hybridized carbons (Fsp3) is 0.952. The van der Waals surface area contributed by atoms with Crippen LogP contribution in [0.15, 0.2) is 0 Å². The Morgan fingerprint density at radius 3 is 1.67 bits per heavy atom. The Morgan fingerprint density at radius 1 is 0.750 bits per heavy atom. The summed E-state index contributed by atoms with van der Waals surface area (Å²) >= 11 is 0. The Morgan fingerprint density at radius 2 is 1.21 bits per heavy atom. The Bertz CT molecular complexity index is 266. The number of hydrogen-bond acceptors (Lipinski definition) is 3. The molecule has 24 heavy (non-hydrogen) atoms. The Balaban J connectivity index is 3.36. The number of aliphatic hydroxyl groups excluding tert-OH is 1. The van der Waals surface area contributed by atoms with Crippen LogP contribution < -0.4 is 0 Å². The third-order valence-corrected chi connectivity index (χ3v) is 4.62. The summed E-state index contributed by atoms with van der Waals surface area (Å²) in [6.45, 7) is 4.28. The Kier molecular flexibility index (Phi) is 18.3. The van der Waals surface area contributed by atoms with Crippen LogP contribution in [-0.2, 0) is 9.53 Å². The molecule has 0 aromatic rings. The number of aliphatic hydroxyl groups is 1. The van der Waals surface area contributed by atoms with E-state index in [4.69, 9.17) is 4.74 Å². The number of hydrogen-bond donors (Lipinski definition) is 1. The van der Waals surface area contributed by atoms with E-state index in [1.807, 2.05) is 0 Å². The molecule has 3 nitrogen and oxygen atoms in total. The molecular weight excluding hydrogens is 300 g/mol. The van der Waals surface area contributed by atoms with Crippen molar-refractivity contribution in [2.24, 2.45) is 0 Å². The molecule has 0 saturated heterocycles. The van der Waals surface area contributed by atoms with Gasteiger partial charge >= 0.3 is 5.97 Å². The minimum atomic E-state index is -0.294. The molecule has 0 amide bonds. The number of carbonyl (C=O) groups excluding carboxylic acids is 1. The zero-order chi connectivity index (χ0) is 17.9. The lowest BCUT2D eigenvalue weighted by Gasteiger charge is -2.15. The largest absolute Gasteiger partial charge is 0.460 e. The average Bonchev–Trinajstić information content (AvgIpc) is 2.59. The summed E-state index contributed by atoms with van der Waals surface area (Å²) < 4.78 is 5.31. The molecule has 0 aliphatic heterocycles. The van der Waals surface area contributed by atoms with Crippen LogP contribution in [0.2, 0.25) is 0 Å². The third kappa shape index (κ3) is 16.3. The molecular formula is C21H42O3. The first-order valence-electron chi connectivity index (χ1n) is 10.5. The monoisotopic (exact) mass is 342 g/mol. The highest BCUT2D eigenvalue weighted by Gasteiger charge is 2.12. The van der Waals surface area contributed by atoms with Crippen molar-refractivity contribution >= 4 is 5.97 Å². The van der Waals surface area contributed by atoms with Crippen LogP contribution >= 0.6 is 0 Å². The molecule has 1 N–H and O–H groups in total. The maximum atomic E-state index is 11.6. The number of carbonyl (C=O) groups is 1. The highest BCUT2D eigenvalue weighted by molar-refractivity contribution is 5.69. The molecule has 0 spiro atoms. The second-order valence-electron chi connectivity index (χ2n) is 7.08. The summed E-state index contributed by atoms with van der Waals surface area (Å²) in [5.74, 6) is -0.158. The van der Waals surface area contributed by atoms with Gasteiger partial charge in [-0.2, -0.15) is 0 Å². The van der Waals surface area contributed by atoms with Crippen LogP contribution in [0.4, 0.5) is 0 Å². The standard InChI is InChI=1S/C21H42O3/c1-3-5-7-8-9-10-11-12-13-14-15-16-17-20(19-22)24-21(23)18-6-4-2/h20,22H,3-19H2,1-2H3. The molecule has 1 unspecified atom stereocenters. The first kappa shape index (κ1) is 23.4. The molecule has 1 atom stereocenters. The first-order valence-corrected chi connectivity index (χ1v) is 10.5. The van der Waals surface area contributed by atoms with Gasteiger partial charge in [-0.25, -0.2) is 0 Å². The summed E-state index contributed by atoms with van der Waals surface area (Å²) in [5.41, 5.74) is 0. The minimum absolute atomic E-state index is 0.0457. The normalized spacial score (nSPS) is 12.3. The van der Waals surface area contributed by atoms with E-state index in [0.717, 1.165) is 25.7 Å². The van der Waals surface area contributed by atoms with Gasteiger partial charge in [-0.3, -0.25) is 4.79 Å². The highest BCUT2D eigenvalue weighted by Crippen LogP contribution is 2.14. The molecule has 0 aliphatic rings. The van der Waals surface area contributed by atoms with Gasteiger partial charge in [0.15, 0.2) is 0 Å². The predicted octanol–water partition coefficient (Wildman–Crippen LogP) is 6.17. The lowest BCUT2D eigenvalue weighted by Crippen LogP contribution is -2.21. The molecule has 0 aromatic carbocycles. The Hall–Kier alpha value is -0.570. The van der Waals surface area contributed by atoms with E-state index in [1.165, 1.54) is 70.6 Å². The lowest BCUT2D eigenvalue weighted by molar-refractivity contribution is -0.151. The van der Waals surface area contributed by atoms with E-state index >= 15 is 0 Å². The van der Waals surface area contributed by atoms with Crippen molar-refractivity contribution in [3.05, 3.63) is 0 Å². The van der Waals surface area contributed by atoms with Gasteiger partial charge in [-0.1, -0.05) is 90.9 Å². The average molecular weight is 343 g/mol. The molecule has 0 saturated carbocycles. The van der Waals surface area contributed by atoms with Crippen LogP contribution in [0.5, 0.6) is 0 Å². The van der Waals surface area contributed by atoms with Gasteiger partial charge < -0.3 is 9.84 Å². The number of unbranched alkanes of at least 4 members (excludes halogenated alkanes) is 12. The topological polar surface area (TPSA) is 46.5 Å². The highest BCUT2D eigenvalue weighted by atomic mass is 16.5. The summed E-state index contributed by atoms with van der Waals surface area (Å²) in [7, 11) is 0. The molecule has 0 rings (SSSR count). The maximum Gasteiger partial charge on any atom is 0.306 e. The van der Waals surface area contributed by atoms with Gasteiger partial charge in [-0.05, 0) is 19.3 Å². The van der Waals surface area contributed by atoms with Crippen LogP contribution in [0, 0.1) is 0 Å². The van der Waals surface area contributed by atoms with Crippen molar-refractivity contribution in [3.63, 3.8) is 0 Å². The summed E-state index contributed by atoms with van der Waals surface area (Å²) in [6, 6.07) is 0. The van der Waals surface area contributed by atoms with Crippen LogP contribution in [0.3, 0.4) is 0 Å². The van der Waals surface area contributed by atoms with E-state index in [9.17, 15) is 9.90 Å². The Labute approximate surface area is 150 Å². The van der Waals surface area contributed by atoms with Crippen LogP contribution in [0.25, 0.3) is 0 Å². The quantitative estimate of drug-likeness (QED) is 0.239. The smallest absolute Gasteiger partial charge is 0.306 e. The fourth-order valence-electron chi connectivity index (χ4n) is 2.97.